The van der Waals surface area contributed by atoms with Crippen LogP contribution in [0.2, 0.25) is 5.02 Å². The molecular formula is C21H20ClN3O2. The van der Waals surface area contributed by atoms with Gasteiger partial charge in [-0.1, -0.05) is 43.1 Å². The molecule has 0 saturated heterocycles. The third kappa shape index (κ3) is 5.05. The van der Waals surface area contributed by atoms with E-state index in [1.165, 1.54) is 0 Å². The van der Waals surface area contributed by atoms with Crippen molar-refractivity contribution in [2.24, 2.45) is 4.99 Å². The Labute approximate surface area is 162 Å². The fourth-order valence-corrected chi connectivity index (χ4v) is 2.55. The standard InChI is InChI=1S/C21H20ClN3O2/c1-2-3-13-27-20-14-18(15-23-25(20)19-7-5-4-6-8-19)24-21(26)16-9-11-17(22)12-10-16/h4-12,14-15H,2-3,13H2,1H3. The maximum atomic E-state index is 12.4. The highest BCUT2D eigenvalue weighted by atomic mass is 35.5. The third-order valence-electron chi connectivity index (χ3n) is 3.86. The van der Waals surface area contributed by atoms with Gasteiger partial charge in [0.2, 0.25) is 5.88 Å². The molecule has 0 aliphatic heterocycles. The molecule has 0 radical (unpaired) electrons. The molecule has 1 amide bonds. The van der Waals surface area contributed by atoms with E-state index in [1.54, 1.807) is 41.2 Å². The number of ether oxygens (including phenoxy) is 1. The first-order valence-corrected chi connectivity index (χ1v) is 9.17. The van der Waals surface area contributed by atoms with Crippen molar-refractivity contribution < 1.29 is 9.53 Å². The van der Waals surface area contributed by atoms with Gasteiger partial charge in [-0.3, -0.25) is 4.79 Å². The molecule has 27 heavy (non-hydrogen) atoms. The van der Waals surface area contributed by atoms with E-state index in [0.29, 0.717) is 28.4 Å². The number of para-hydroxylation sites is 1. The number of amides is 1. The van der Waals surface area contributed by atoms with Crippen LogP contribution in [0.1, 0.15) is 30.1 Å². The predicted molar refractivity (Wildman–Crippen MR) is 105 cm³/mol. The number of carbonyl (C=O) groups is 1. The molecule has 0 aliphatic rings. The van der Waals surface area contributed by atoms with Gasteiger partial charge in [-0.2, -0.15) is 5.10 Å². The molecule has 5 nitrogen and oxygen atoms in total. The van der Waals surface area contributed by atoms with Gasteiger partial charge >= 0.3 is 0 Å². The van der Waals surface area contributed by atoms with Crippen molar-refractivity contribution >= 4 is 17.5 Å². The van der Waals surface area contributed by atoms with Crippen molar-refractivity contribution in [1.29, 1.82) is 0 Å². The Balaban J connectivity index is 1.95. The maximum absolute atomic E-state index is 12.4. The van der Waals surface area contributed by atoms with Crippen LogP contribution in [0.5, 0.6) is 5.88 Å². The van der Waals surface area contributed by atoms with E-state index in [0.717, 1.165) is 18.5 Å². The molecule has 0 fully saturated rings. The van der Waals surface area contributed by atoms with Crippen LogP contribution in [0, 0.1) is 0 Å². The first kappa shape index (κ1) is 18.9. The van der Waals surface area contributed by atoms with Crippen LogP contribution in [0.25, 0.3) is 5.69 Å². The first-order valence-electron chi connectivity index (χ1n) is 8.79. The lowest BCUT2D eigenvalue weighted by molar-refractivity contribution is 0.0998. The molecule has 0 atom stereocenters. The highest BCUT2D eigenvalue weighted by Crippen LogP contribution is 2.15. The second kappa shape index (κ2) is 9.14. The fourth-order valence-electron chi connectivity index (χ4n) is 2.42. The van der Waals surface area contributed by atoms with E-state index < -0.39 is 0 Å². The van der Waals surface area contributed by atoms with Gasteiger partial charge < -0.3 is 4.74 Å². The normalized spacial score (nSPS) is 11.4. The summed E-state index contributed by atoms with van der Waals surface area (Å²) in [5, 5.41) is 5.42. The summed E-state index contributed by atoms with van der Waals surface area (Å²) < 4.78 is 7.58. The number of halogens is 1. The topological polar surface area (TPSA) is 56.5 Å². The Morgan fingerprint density at radius 1 is 1.15 bits per heavy atom. The Hall–Kier alpha value is -2.92. The van der Waals surface area contributed by atoms with E-state index >= 15 is 0 Å². The number of nitrogens with zero attached hydrogens (tertiary/aromatic N) is 3. The Kier molecular flexibility index (Phi) is 6.39. The molecule has 3 aromatic rings. The zero-order valence-electron chi connectivity index (χ0n) is 15.0. The second-order valence-corrected chi connectivity index (χ2v) is 6.36. The Morgan fingerprint density at radius 3 is 2.59 bits per heavy atom. The molecule has 1 aromatic heterocycles. The average Bonchev–Trinajstić information content (AvgIpc) is 2.69. The summed E-state index contributed by atoms with van der Waals surface area (Å²) in [6.07, 6.45) is 3.51. The molecule has 3 rings (SSSR count). The van der Waals surface area contributed by atoms with Gasteiger partial charge in [0.05, 0.1) is 23.8 Å². The summed E-state index contributed by atoms with van der Waals surface area (Å²) in [5.74, 6) is 0.185. The summed E-state index contributed by atoms with van der Waals surface area (Å²) in [5.41, 5.74) is 1.34. The fraction of sp³-hybridized carbons (Fsp3) is 0.190. The molecule has 6 heteroatoms. The maximum Gasteiger partial charge on any atom is 0.277 e. The molecule has 0 unspecified atom stereocenters. The van der Waals surface area contributed by atoms with Crippen molar-refractivity contribution in [1.82, 2.24) is 9.78 Å². The van der Waals surface area contributed by atoms with Gasteiger partial charge in [-0.15, -0.1) is 0 Å². The number of carbonyl (C=O) groups excluding carboxylic acids is 1. The summed E-state index contributed by atoms with van der Waals surface area (Å²) in [4.78, 5) is 16.5. The minimum atomic E-state index is -0.356. The molecule has 0 saturated carbocycles. The average molecular weight is 382 g/mol. The lowest BCUT2D eigenvalue weighted by Gasteiger charge is -2.13. The smallest absolute Gasteiger partial charge is 0.277 e. The number of benzene rings is 2. The van der Waals surface area contributed by atoms with E-state index in [-0.39, 0.29) is 5.91 Å². The SMILES string of the molecule is CCCCOc1cc(=NC(=O)c2ccc(Cl)cc2)cnn1-c1ccccc1. The quantitative estimate of drug-likeness (QED) is 0.593. The number of unbranched alkanes of at least 4 members (excludes halogenated alkanes) is 1. The zero-order valence-corrected chi connectivity index (χ0v) is 15.8. The predicted octanol–water partition coefficient (Wildman–Crippen LogP) is 4.45. The van der Waals surface area contributed by atoms with Gasteiger partial charge in [0.1, 0.15) is 0 Å². The van der Waals surface area contributed by atoms with Crippen LogP contribution in [0.3, 0.4) is 0 Å². The van der Waals surface area contributed by atoms with Crippen LogP contribution in [-0.4, -0.2) is 22.3 Å². The Morgan fingerprint density at radius 2 is 1.89 bits per heavy atom. The van der Waals surface area contributed by atoms with Gasteiger partial charge in [0, 0.05) is 16.7 Å². The number of aromatic nitrogens is 2. The van der Waals surface area contributed by atoms with Crippen molar-refractivity contribution in [3.8, 4) is 11.6 Å². The van der Waals surface area contributed by atoms with Crippen molar-refractivity contribution in [3.63, 3.8) is 0 Å². The Bertz CT molecular complexity index is 967. The summed E-state index contributed by atoms with van der Waals surface area (Å²) in [6, 6.07) is 18.0. The number of hydrogen-bond donors (Lipinski definition) is 0. The van der Waals surface area contributed by atoms with Crippen molar-refractivity contribution in [2.75, 3.05) is 6.61 Å². The highest BCUT2D eigenvalue weighted by molar-refractivity contribution is 6.30. The molecule has 0 spiro atoms. The third-order valence-corrected chi connectivity index (χ3v) is 4.11. The van der Waals surface area contributed by atoms with E-state index in [9.17, 15) is 4.79 Å². The second-order valence-electron chi connectivity index (χ2n) is 5.93. The summed E-state index contributed by atoms with van der Waals surface area (Å²) in [6.45, 7) is 2.67. The minimum Gasteiger partial charge on any atom is -0.478 e. The van der Waals surface area contributed by atoms with Crippen molar-refractivity contribution in [3.05, 3.63) is 82.8 Å². The van der Waals surface area contributed by atoms with E-state index in [4.69, 9.17) is 16.3 Å². The summed E-state index contributed by atoms with van der Waals surface area (Å²) >= 11 is 5.86. The molecule has 0 N–H and O–H groups in total. The molecular weight excluding hydrogens is 362 g/mol. The first-order chi connectivity index (χ1) is 13.2. The van der Waals surface area contributed by atoms with Gasteiger partial charge in [-0.25, -0.2) is 9.67 Å². The monoisotopic (exact) mass is 381 g/mol. The van der Waals surface area contributed by atoms with Crippen LogP contribution in [0.4, 0.5) is 0 Å². The number of hydrogen-bond acceptors (Lipinski definition) is 3. The van der Waals surface area contributed by atoms with Crippen molar-refractivity contribution in [2.45, 2.75) is 19.8 Å². The molecule has 0 bridgehead atoms. The molecule has 1 heterocycles. The molecule has 2 aromatic carbocycles. The molecule has 138 valence electrons. The van der Waals surface area contributed by atoms with Gasteiger partial charge in [-0.05, 0) is 42.8 Å². The van der Waals surface area contributed by atoms with E-state index in [1.807, 2.05) is 30.3 Å². The molecule has 0 aliphatic carbocycles. The highest BCUT2D eigenvalue weighted by Gasteiger charge is 2.07. The van der Waals surface area contributed by atoms with E-state index in [2.05, 4.69) is 17.0 Å². The summed E-state index contributed by atoms with van der Waals surface area (Å²) in [7, 11) is 0. The largest absolute Gasteiger partial charge is 0.478 e. The minimum absolute atomic E-state index is 0.356. The van der Waals surface area contributed by atoms with Crippen LogP contribution in [-0.2, 0) is 0 Å². The van der Waals surface area contributed by atoms with Crippen LogP contribution >= 0.6 is 11.6 Å². The van der Waals surface area contributed by atoms with Crippen LogP contribution < -0.4 is 10.1 Å². The zero-order chi connectivity index (χ0) is 19.1. The van der Waals surface area contributed by atoms with Gasteiger partial charge in [0.25, 0.3) is 5.91 Å². The van der Waals surface area contributed by atoms with Gasteiger partial charge in [0.15, 0.2) is 0 Å². The lowest BCUT2D eigenvalue weighted by Crippen LogP contribution is -2.15. The van der Waals surface area contributed by atoms with Crippen LogP contribution in [0.15, 0.2) is 71.9 Å². The lowest BCUT2D eigenvalue weighted by atomic mass is 10.2. The number of rotatable bonds is 6.